The molecule has 4 rings (SSSR count). The molecular weight excluding hydrogens is 458 g/mol. The van der Waals surface area contributed by atoms with Crippen molar-refractivity contribution in [2.24, 2.45) is 0 Å². The Hall–Kier alpha value is -4.25. The molecule has 2 aromatic carbocycles. The van der Waals surface area contributed by atoms with Crippen molar-refractivity contribution in [3.63, 3.8) is 0 Å². The number of amides is 1. The van der Waals surface area contributed by atoms with E-state index in [1.54, 1.807) is 49.9 Å². The average Bonchev–Trinajstić information content (AvgIpc) is 3.30. The molecule has 1 aliphatic rings. The summed E-state index contributed by atoms with van der Waals surface area (Å²) in [6.07, 6.45) is 1.14. The number of benzene rings is 2. The maximum Gasteiger partial charge on any atom is 0.410 e. The fourth-order valence-electron chi connectivity index (χ4n) is 4.28. The molecule has 1 amide bonds. The predicted molar refractivity (Wildman–Crippen MR) is 137 cm³/mol. The fraction of sp³-hybridized carbons (Fsp3) is 0.321. The van der Waals surface area contributed by atoms with E-state index in [1.165, 1.54) is 0 Å². The van der Waals surface area contributed by atoms with Crippen LogP contribution in [0, 0.1) is 6.57 Å². The van der Waals surface area contributed by atoms with Crippen LogP contribution in [0.4, 0.5) is 10.5 Å². The van der Waals surface area contributed by atoms with Gasteiger partial charge in [-0.3, -0.25) is 4.79 Å². The molecule has 2 heterocycles. The second-order valence-corrected chi connectivity index (χ2v) is 9.73. The summed E-state index contributed by atoms with van der Waals surface area (Å²) < 4.78 is 11.3. The number of pyridine rings is 1. The smallest absolute Gasteiger partial charge is 0.410 e. The van der Waals surface area contributed by atoms with Crippen LogP contribution < -0.4 is 10.3 Å². The summed E-state index contributed by atoms with van der Waals surface area (Å²) in [5.74, 6) is 0.931. The first-order valence-electron chi connectivity index (χ1n) is 11.8. The van der Waals surface area contributed by atoms with Gasteiger partial charge in [0.1, 0.15) is 22.8 Å². The van der Waals surface area contributed by atoms with Crippen LogP contribution in [0.15, 0.2) is 59.4 Å². The Labute approximate surface area is 209 Å². The van der Waals surface area contributed by atoms with Gasteiger partial charge in [-0.15, -0.1) is 0 Å². The molecular formula is C28H29N3O5. The molecule has 1 saturated heterocycles. The van der Waals surface area contributed by atoms with Crippen molar-refractivity contribution in [2.45, 2.75) is 51.7 Å². The van der Waals surface area contributed by atoms with Crippen molar-refractivity contribution in [3.05, 3.63) is 81.9 Å². The van der Waals surface area contributed by atoms with Crippen molar-refractivity contribution in [3.8, 4) is 28.5 Å². The molecule has 1 unspecified atom stereocenters. The van der Waals surface area contributed by atoms with Crippen LogP contribution in [0.3, 0.4) is 0 Å². The van der Waals surface area contributed by atoms with Crippen LogP contribution in [-0.4, -0.2) is 39.3 Å². The molecule has 3 aromatic rings. The Morgan fingerprint density at radius 1 is 1.14 bits per heavy atom. The number of rotatable bonds is 5. The number of likely N-dealkylation sites (tertiary alicyclic amines) is 1. The molecule has 186 valence electrons. The molecule has 1 fully saturated rings. The van der Waals surface area contributed by atoms with Crippen LogP contribution in [-0.2, 0) is 11.2 Å². The Morgan fingerprint density at radius 2 is 1.81 bits per heavy atom. The number of hydrogen-bond acceptors (Lipinski definition) is 5. The van der Waals surface area contributed by atoms with Crippen LogP contribution in [0.2, 0.25) is 0 Å². The summed E-state index contributed by atoms with van der Waals surface area (Å²) in [4.78, 5) is 33.5. The van der Waals surface area contributed by atoms with E-state index < -0.39 is 17.3 Å². The zero-order valence-electron chi connectivity index (χ0n) is 20.6. The Morgan fingerprint density at radius 3 is 2.44 bits per heavy atom. The number of hydrogen-bond donors (Lipinski definition) is 2. The highest BCUT2D eigenvalue weighted by Crippen LogP contribution is 2.39. The van der Waals surface area contributed by atoms with Gasteiger partial charge in [0.25, 0.3) is 11.2 Å². The molecule has 0 saturated carbocycles. The lowest BCUT2D eigenvalue weighted by molar-refractivity contribution is 0.0226. The molecule has 0 aliphatic carbocycles. The van der Waals surface area contributed by atoms with Crippen molar-refractivity contribution in [1.29, 1.82) is 0 Å². The highest BCUT2D eigenvalue weighted by molar-refractivity contribution is 5.80. The van der Waals surface area contributed by atoms with Gasteiger partial charge in [0.2, 0.25) is 0 Å². The van der Waals surface area contributed by atoms with Crippen molar-refractivity contribution in [2.75, 3.05) is 6.54 Å². The van der Waals surface area contributed by atoms with E-state index >= 15 is 0 Å². The van der Waals surface area contributed by atoms with E-state index in [0.29, 0.717) is 30.0 Å². The van der Waals surface area contributed by atoms with Gasteiger partial charge in [-0.1, -0.05) is 30.3 Å². The lowest BCUT2D eigenvalue weighted by atomic mass is 10.0. The normalized spacial score (nSPS) is 15.4. The van der Waals surface area contributed by atoms with Crippen molar-refractivity contribution < 1.29 is 19.4 Å². The maximum absolute atomic E-state index is 13.0. The zero-order valence-corrected chi connectivity index (χ0v) is 20.6. The quantitative estimate of drug-likeness (QED) is 0.428. The third kappa shape index (κ3) is 5.52. The molecule has 1 aromatic heterocycles. The number of nitrogens with one attached hydrogen (secondary N) is 1. The minimum Gasteiger partial charge on any atom is -0.518 e. The first-order chi connectivity index (χ1) is 17.2. The zero-order chi connectivity index (χ0) is 25.9. The summed E-state index contributed by atoms with van der Waals surface area (Å²) in [5, 5.41) is 10.9. The van der Waals surface area contributed by atoms with Crippen LogP contribution in [0.1, 0.15) is 39.2 Å². The lowest BCUT2D eigenvalue weighted by Gasteiger charge is -2.28. The Balaban J connectivity index is 1.58. The van der Waals surface area contributed by atoms with Gasteiger partial charge < -0.3 is 24.5 Å². The van der Waals surface area contributed by atoms with Crippen molar-refractivity contribution in [1.82, 2.24) is 9.88 Å². The first-order valence-corrected chi connectivity index (χ1v) is 11.8. The third-order valence-electron chi connectivity index (χ3n) is 5.94. The number of nitrogens with zero attached hydrogens (tertiary/aromatic N) is 2. The molecule has 0 radical (unpaired) electrons. The van der Waals surface area contributed by atoms with Gasteiger partial charge in [-0.2, -0.15) is 0 Å². The van der Waals surface area contributed by atoms with Gasteiger partial charge in [-0.25, -0.2) is 9.64 Å². The number of H-pyrrole nitrogens is 1. The van der Waals surface area contributed by atoms with E-state index in [-0.39, 0.29) is 35.2 Å². The number of ether oxygens (including phenoxy) is 2. The van der Waals surface area contributed by atoms with E-state index in [9.17, 15) is 14.7 Å². The fourth-order valence-corrected chi connectivity index (χ4v) is 4.28. The highest BCUT2D eigenvalue weighted by Gasteiger charge is 2.34. The van der Waals surface area contributed by atoms with Gasteiger partial charge >= 0.3 is 6.09 Å². The Bertz CT molecular complexity index is 1340. The second-order valence-electron chi connectivity index (χ2n) is 9.73. The molecule has 36 heavy (non-hydrogen) atoms. The molecule has 1 atom stereocenters. The summed E-state index contributed by atoms with van der Waals surface area (Å²) in [6, 6.07) is 15.9. The van der Waals surface area contributed by atoms with Gasteiger partial charge in [0.15, 0.2) is 0 Å². The van der Waals surface area contributed by atoms with Gasteiger partial charge in [-0.05, 0) is 63.4 Å². The van der Waals surface area contributed by atoms with Gasteiger partial charge in [0, 0.05) is 19.0 Å². The molecule has 0 spiro atoms. The average molecular weight is 488 g/mol. The minimum atomic E-state index is -0.634. The van der Waals surface area contributed by atoms with Crippen molar-refractivity contribution >= 4 is 11.8 Å². The maximum atomic E-state index is 13.0. The summed E-state index contributed by atoms with van der Waals surface area (Å²) in [7, 11) is 0. The standard InChI is InChI=1S/C28H29N3O5/c1-28(2,3)36-27(34)31-16-8-9-19(31)17-22-25(32)24(29-4)23(30-26(22)33)18-12-14-21(15-13-18)35-20-10-6-5-7-11-20/h5-7,10-15,19H,8-9,16-17H2,1-3H3,(H2,30,32,33). The van der Waals surface area contributed by atoms with Crippen LogP contribution in [0.25, 0.3) is 16.1 Å². The van der Waals surface area contributed by atoms with E-state index in [1.807, 2.05) is 30.3 Å². The number of carbonyl (C=O) groups is 1. The van der Waals surface area contributed by atoms with E-state index in [2.05, 4.69) is 9.83 Å². The Kier molecular flexibility index (Phi) is 7.02. The van der Waals surface area contributed by atoms with E-state index in [0.717, 1.165) is 6.42 Å². The number of aromatic hydroxyl groups is 1. The molecule has 8 nitrogen and oxygen atoms in total. The summed E-state index contributed by atoms with van der Waals surface area (Å²) in [6.45, 7) is 13.6. The number of para-hydroxylation sites is 1. The summed E-state index contributed by atoms with van der Waals surface area (Å²) in [5.41, 5.74) is -0.271. The first kappa shape index (κ1) is 24.9. The molecule has 8 heteroatoms. The monoisotopic (exact) mass is 487 g/mol. The topological polar surface area (TPSA) is 96.2 Å². The minimum absolute atomic E-state index is 0.0388. The van der Waals surface area contributed by atoms with E-state index in [4.69, 9.17) is 16.0 Å². The summed E-state index contributed by atoms with van der Waals surface area (Å²) >= 11 is 0. The molecule has 1 aliphatic heterocycles. The number of aromatic amines is 1. The SMILES string of the molecule is [C-]#[N+]c1c(-c2ccc(Oc3ccccc3)cc2)[nH]c(=O)c(CC2CCCN2C(=O)OC(C)(C)C)c1O. The van der Waals surface area contributed by atoms with Crippen LogP contribution in [0.5, 0.6) is 17.2 Å². The predicted octanol–water partition coefficient (Wildman–Crippen LogP) is 6.03. The lowest BCUT2D eigenvalue weighted by Crippen LogP contribution is -2.41. The molecule has 2 N–H and O–H groups in total. The number of carbonyl (C=O) groups excluding carboxylic acids is 1. The number of aromatic nitrogens is 1. The highest BCUT2D eigenvalue weighted by atomic mass is 16.6. The van der Waals surface area contributed by atoms with Crippen LogP contribution >= 0.6 is 0 Å². The largest absolute Gasteiger partial charge is 0.518 e. The van der Waals surface area contributed by atoms with Gasteiger partial charge in [0.05, 0.1) is 17.8 Å². The molecule has 0 bridgehead atoms. The third-order valence-corrected chi connectivity index (χ3v) is 5.94. The second kappa shape index (κ2) is 10.2.